The molecule has 3 aromatic carbocycles. The first kappa shape index (κ1) is 20.1. The van der Waals surface area contributed by atoms with Crippen molar-refractivity contribution in [3.05, 3.63) is 75.8 Å². The number of allylic oxidation sites excluding steroid dienone is 1. The van der Waals surface area contributed by atoms with Crippen LogP contribution in [0.1, 0.15) is 22.8 Å². The van der Waals surface area contributed by atoms with Gasteiger partial charge in [-0.05, 0) is 47.7 Å². The van der Waals surface area contributed by atoms with Gasteiger partial charge in [0.05, 0.1) is 34.4 Å². The molecule has 4 nitrogen and oxygen atoms in total. The van der Waals surface area contributed by atoms with Gasteiger partial charge in [-0.1, -0.05) is 47.5 Å². The third-order valence-electron chi connectivity index (χ3n) is 5.19. The minimum absolute atomic E-state index is 0.136. The molecule has 1 aliphatic carbocycles. The number of fused-ring (bicyclic) bond motifs is 3. The van der Waals surface area contributed by atoms with Crippen LogP contribution in [0.4, 0.5) is 0 Å². The van der Waals surface area contributed by atoms with Gasteiger partial charge in [0.15, 0.2) is 9.84 Å². The number of rotatable bonds is 4. The normalized spacial score (nSPS) is 16.3. The third-order valence-corrected chi connectivity index (χ3v) is 8.01. The van der Waals surface area contributed by atoms with Gasteiger partial charge < -0.3 is 9.47 Å². The summed E-state index contributed by atoms with van der Waals surface area (Å²) in [6, 6.07) is 13.8. The lowest BCUT2D eigenvalue weighted by atomic mass is 9.89. The Morgan fingerprint density at radius 3 is 2.31 bits per heavy atom. The second-order valence-electron chi connectivity index (χ2n) is 6.70. The van der Waals surface area contributed by atoms with Gasteiger partial charge in [-0.3, -0.25) is 0 Å². The average molecular weight is 449 g/mol. The zero-order chi connectivity index (χ0) is 20.8. The maximum Gasteiger partial charge on any atom is 0.185 e. The van der Waals surface area contributed by atoms with Crippen LogP contribution in [0, 0.1) is 0 Å². The molecule has 3 aromatic rings. The Labute approximate surface area is 179 Å². The van der Waals surface area contributed by atoms with Gasteiger partial charge in [0.1, 0.15) is 11.5 Å². The summed E-state index contributed by atoms with van der Waals surface area (Å²) < 4.78 is 38.3. The maximum atomic E-state index is 13.6. The summed E-state index contributed by atoms with van der Waals surface area (Å²) in [5.41, 5.74) is 1.41. The number of hydrogen-bond donors (Lipinski definition) is 0. The number of hydrogen-bond acceptors (Lipinski definition) is 4. The molecule has 0 fully saturated rings. The van der Waals surface area contributed by atoms with E-state index in [2.05, 4.69) is 0 Å². The van der Waals surface area contributed by atoms with E-state index in [1.54, 1.807) is 20.3 Å². The Morgan fingerprint density at radius 1 is 0.931 bits per heavy atom. The second kappa shape index (κ2) is 7.56. The Balaban J connectivity index is 2.01. The van der Waals surface area contributed by atoms with Crippen molar-refractivity contribution in [3.63, 3.8) is 0 Å². The van der Waals surface area contributed by atoms with E-state index < -0.39 is 15.1 Å². The molecule has 0 bridgehead atoms. The summed E-state index contributed by atoms with van der Waals surface area (Å²) in [7, 11) is -0.573. The molecule has 7 heteroatoms. The number of methoxy groups -OCH3 is 2. The molecule has 0 aliphatic heterocycles. The third kappa shape index (κ3) is 3.27. The number of benzene rings is 3. The summed E-state index contributed by atoms with van der Waals surface area (Å²) in [4.78, 5) is 0.136. The van der Waals surface area contributed by atoms with Crippen molar-refractivity contribution in [1.82, 2.24) is 0 Å². The van der Waals surface area contributed by atoms with Crippen molar-refractivity contribution in [2.75, 3.05) is 14.2 Å². The highest BCUT2D eigenvalue weighted by Gasteiger charge is 2.36. The van der Waals surface area contributed by atoms with Crippen LogP contribution < -0.4 is 4.74 Å². The van der Waals surface area contributed by atoms with Crippen molar-refractivity contribution in [1.29, 1.82) is 0 Å². The maximum absolute atomic E-state index is 13.6. The first-order valence-corrected chi connectivity index (χ1v) is 11.2. The van der Waals surface area contributed by atoms with Crippen molar-refractivity contribution in [3.8, 4) is 5.75 Å². The molecule has 0 saturated carbocycles. The lowest BCUT2D eigenvalue weighted by Crippen LogP contribution is -2.19. The van der Waals surface area contributed by atoms with Crippen molar-refractivity contribution in [2.45, 2.75) is 16.6 Å². The molecule has 0 saturated heterocycles. The largest absolute Gasteiger partial charge is 0.496 e. The van der Waals surface area contributed by atoms with Crippen LogP contribution in [0.2, 0.25) is 10.0 Å². The quantitative estimate of drug-likeness (QED) is 0.486. The van der Waals surface area contributed by atoms with Gasteiger partial charge in [-0.2, -0.15) is 0 Å². The molecule has 150 valence electrons. The molecule has 0 radical (unpaired) electrons. The lowest BCUT2D eigenvalue weighted by Gasteiger charge is -2.27. The molecular weight excluding hydrogens is 431 g/mol. The SMILES string of the molecule is COC1=CCC(S(=O)(=O)c2ccc(Cl)c(Cl)c2)c2c1cc(OC)c1ccccc21. The van der Waals surface area contributed by atoms with Gasteiger partial charge in [-0.25, -0.2) is 8.42 Å². The van der Waals surface area contributed by atoms with Gasteiger partial charge in [0.25, 0.3) is 0 Å². The van der Waals surface area contributed by atoms with Crippen molar-refractivity contribution in [2.24, 2.45) is 0 Å². The van der Waals surface area contributed by atoms with Gasteiger partial charge in [0, 0.05) is 10.9 Å². The first-order valence-electron chi connectivity index (χ1n) is 8.91. The summed E-state index contributed by atoms with van der Waals surface area (Å²) in [6.45, 7) is 0. The fourth-order valence-electron chi connectivity index (χ4n) is 3.82. The molecule has 0 N–H and O–H groups in total. The van der Waals surface area contributed by atoms with Crippen LogP contribution in [0.15, 0.2) is 59.5 Å². The van der Waals surface area contributed by atoms with E-state index in [0.29, 0.717) is 27.7 Å². The van der Waals surface area contributed by atoms with Gasteiger partial charge in [0.2, 0.25) is 0 Å². The molecule has 29 heavy (non-hydrogen) atoms. The highest BCUT2D eigenvalue weighted by Crippen LogP contribution is 2.47. The van der Waals surface area contributed by atoms with Crippen molar-refractivity contribution < 1.29 is 17.9 Å². The molecular formula is C22H18Cl2O4S. The molecule has 4 rings (SSSR count). The fraction of sp³-hybridized carbons (Fsp3) is 0.182. The standard InChI is InChI=1S/C22H18Cl2O4S/c1-27-19-9-10-21(29(25,26)13-7-8-17(23)18(24)11-13)22-15-6-4-3-5-14(15)20(28-2)12-16(19)22/h3-9,11-12,21H,10H2,1-2H3. The minimum Gasteiger partial charge on any atom is -0.496 e. The summed E-state index contributed by atoms with van der Waals surface area (Å²) in [5.74, 6) is 1.29. The van der Waals surface area contributed by atoms with E-state index in [-0.39, 0.29) is 16.3 Å². The van der Waals surface area contributed by atoms with E-state index in [4.69, 9.17) is 32.7 Å². The van der Waals surface area contributed by atoms with Crippen LogP contribution in [0.5, 0.6) is 5.75 Å². The molecule has 0 spiro atoms. The Morgan fingerprint density at radius 2 is 1.66 bits per heavy atom. The van der Waals surface area contributed by atoms with E-state index in [0.717, 1.165) is 10.8 Å². The van der Waals surface area contributed by atoms with Crippen LogP contribution in [0.3, 0.4) is 0 Å². The van der Waals surface area contributed by atoms with Crippen molar-refractivity contribution >= 4 is 49.6 Å². The summed E-state index contributed by atoms with van der Waals surface area (Å²) in [5, 5.41) is 1.39. The zero-order valence-corrected chi connectivity index (χ0v) is 18.1. The zero-order valence-electron chi connectivity index (χ0n) is 15.8. The summed E-state index contributed by atoms with van der Waals surface area (Å²) >= 11 is 12.1. The van der Waals surface area contributed by atoms with E-state index in [1.807, 2.05) is 30.3 Å². The minimum atomic E-state index is -3.74. The summed E-state index contributed by atoms with van der Waals surface area (Å²) in [6.07, 6.45) is 2.09. The molecule has 0 aromatic heterocycles. The van der Waals surface area contributed by atoms with Crippen LogP contribution in [-0.2, 0) is 14.6 Å². The van der Waals surface area contributed by atoms with E-state index in [9.17, 15) is 8.42 Å². The second-order valence-corrected chi connectivity index (χ2v) is 9.65. The van der Waals surface area contributed by atoms with Crippen LogP contribution in [-0.4, -0.2) is 22.6 Å². The highest BCUT2D eigenvalue weighted by atomic mass is 35.5. The van der Waals surface area contributed by atoms with Crippen LogP contribution >= 0.6 is 23.2 Å². The predicted octanol–water partition coefficient (Wildman–Crippen LogP) is 6.06. The van der Waals surface area contributed by atoms with Gasteiger partial charge >= 0.3 is 0 Å². The lowest BCUT2D eigenvalue weighted by molar-refractivity contribution is 0.365. The van der Waals surface area contributed by atoms with Gasteiger partial charge in [-0.15, -0.1) is 0 Å². The fourth-order valence-corrected chi connectivity index (χ4v) is 5.96. The average Bonchev–Trinajstić information content (AvgIpc) is 2.73. The Hall–Kier alpha value is -2.21. The number of sulfone groups is 1. The smallest absolute Gasteiger partial charge is 0.185 e. The monoisotopic (exact) mass is 448 g/mol. The molecule has 0 heterocycles. The predicted molar refractivity (Wildman–Crippen MR) is 116 cm³/mol. The van der Waals surface area contributed by atoms with E-state index >= 15 is 0 Å². The molecule has 1 aliphatic rings. The topological polar surface area (TPSA) is 52.6 Å². The molecule has 1 unspecified atom stereocenters. The van der Waals surface area contributed by atoms with E-state index in [1.165, 1.54) is 18.2 Å². The highest BCUT2D eigenvalue weighted by molar-refractivity contribution is 7.91. The first-order chi connectivity index (χ1) is 13.9. The number of halogens is 2. The number of ether oxygens (including phenoxy) is 2. The molecule has 1 atom stereocenters. The Kier molecular flexibility index (Phi) is 5.23. The van der Waals surface area contributed by atoms with Crippen LogP contribution in [0.25, 0.3) is 16.5 Å². The molecule has 0 amide bonds. The Bertz CT molecular complexity index is 1250.